The van der Waals surface area contributed by atoms with E-state index in [9.17, 15) is 9.59 Å². The molecule has 0 unspecified atom stereocenters. The van der Waals surface area contributed by atoms with Crippen molar-refractivity contribution in [2.24, 2.45) is 5.92 Å². The van der Waals surface area contributed by atoms with E-state index in [1.54, 1.807) is 0 Å². The SMILES string of the molecule is CC(C)CC(=O)N1CCCCCCCN(C(=O)Cc2cc(Cl)c3c(c2)OCCCO3)Cc2ccccc21. The molecule has 6 nitrogen and oxygen atoms in total. The summed E-state index contributed by atoms with van der Waals surface area (Å²) in [6.07, 6.45) is 6.75. The Hall–Kier alpha value is -2.73. The molecule has 2 aromatic rings. The maximum absolute atomic E-state index is 13.6. The highest BCUT2D eigenvalue weighted by Crippen LogP contribution is 2.38. The molecular formula is C30H39ClN2O4. The number of carbonyl (C=O) groups is 2. The summed E-state index contributed by atoms with van der Waals surface area (Å²) in [5, 5.41) is 0.473. The first-order valence-electron chi connectivity index (χ1n) is 13.7. The summed E-state index contributed by atoms with van der Waals surface area (Å²) in [6, 6.07) is 11.7. The monoisotopic (exact) mass is 526 g/mol. The molecule has 2 amide bonds. The zero-order valence-electron chi connectivity index (χ0n) is 22.1. The number of nitrogens with zero attached hydrogens (tertiary/aromatic N) is 2. The molecule has 2 aliphatic heterocycles. The molecule has 0 radical (unpaired) electrons. The van der Waals surface area contributed by atoms with Gasteiger partial charge in [-0.15, -0.1) is 0 Å². The zero-order chi connectivity index (χ0) is 26.2. The number of fused-ring (bicyclic) bond motifs is 2. The Bertz CT molecular complexity index is 1090. The van der Waals surface area contributed by atoms with Crippen molar-refractivity contribution < 1.29 is 19.1 Å². The summed E-state index contributed by atoms with van der Waals surface area (Å²) in [4.78, 5) is 30.7. The first kappa shape index (κ1) is 27.3. The minimum Gasteiger partial charge on any atom is -0.489 e. The van der Waals surface area contributed by atoms with Gasteiger partial charge >= 0.3 is 0 Å². The van der Waals surface area contributed by atoms with Gasteiger partial charge in [0.15, 0.2) is 11.5 Å². The Balaban J connectivity index is 1.58. The quantitative estimate of drug-likeness (QED) is 0.461. The third kappa shape index (κ3) is 7.41. The van der Waals surface area contributed by atoms with E-state index in [1.165, 1.54) is 0 Å². The van der Waals surface area contributed by atoms with Crippen LogP contribution in [0.2, 0.25) is 5.02 Å². The maximum Gasteiger partial charge on any atom is 0.227 e. The van der Waals surface area contributed by atoms with E-state index >= 15 is 0 Å². The molecular weight excluding hydrogens is 488 g/mol. The fourth-order valence-electron chi connectivity index (χ4n) is 5.02. The van der Waals surface area contributed by atoms with Crippen molar-refractivity contribution in [3.63, 3.8) is 0 Å². The molecule has 0 aliphatic carbocycles. The molecule has 0 saturated heterocycles. The fraction of sp³-hybridized carbons (Fsp3) is 0.533. The van der Waals surface area contributed by atoms with Gasteiger partial charge in [-0.05, 0) is 48.1 Å². The highest BCUT2D eigenvalue weighted by molar-refractivity contribution is 6.32. The molecule has 7 heteroatoms. The Labute approximate surface area is 225 Å². The molecule has 0 aromatic heterocycles. The van der Waals surface area contributed by atoms with E-state index < -0.39 is 0 Å². The lowest BCUT2D eigenvalue weighted by Crippen LogP contribution is -2.36. The summed E-state index contributed by atoms with van der Waals surface area (Å²) in [7, 11) is 0. The normalized spacial score (nSPS) is 16.9. The smallest absolute Gasteiger partial charge is 0.227 e. The van der Waals surface area contributed by atoms with E-state index in [4.69, 9.17) is 21.1 Å². The van der Waals surface area contributed by atoms with Crippen LogP contribution in [0.5, 0.6) is 11.5 Å². The molecule has 0 spiro atoms. The van der Waals surface area contributed by atoms with Crippen LogP contribution in [-0.4, -0.2) is 43.0 Å². The average Bonchev–Trinajstić information content (AvgIpc) is 3.10. The molecule has 37 heavy (non-hydrogen) atoms. The van der Waals surface area contributed by atoms with Gasteiger partial charge in [-0.1, -0.05) is 62.9 Å². The van der Waals surface area contributed by atoms with Gasteiger partial charge in [-0.25, -0.2) is 0 Å². The van der Waals surface area contributed by atoms with E-state index in [2.05, 4.69) is 13.8 Å². The second kappa shape index (κ2) is 13.2. The standard InChI is InChI=1S/C30H39ClN2O4/c1-22(2)17-29(35)33-14-9-5-3-4-8-13-32(21-24-11-6-7-12-26(24)33)28(34)20-23-18-25(31)30-27(19-23)36-15-10-16-37-30/h6-7,11-12,18-19,22H,3-5,8-10,13-17,20-21H2,1-2H3. The van der Waals surface area contributed by atoms with Crippen LogP contribution in [0.1, 0.15) is 69.9 Å². The minimum absolute atomic E-state index is 0.0393. The van der Waals surface area contributed by atoms with Gasteiger partial charge in [-0.3, -0.25) is 9.59 Å². The Morgan fingerprint density at radius 1 is 0.919 bits per heavy atom. The van der Waals surface area contributed by atoms with Gasteiger partial charge in [-0.2, -0.15) is 0 Å². The van der Waals surface area contributed by atoms with Crippen LogP contribution in [0.4, 0.5) is 5.69 Å². The molecule has 2 heterocycles. The van der Waals surface area contributed by atoms with Crippen molar-refractivity contribution in [2.75, 3.05) is 31.2 Å². The average molecular weight is 527 g/mol. The summed E-state index contributed by atoms with van der Waals surface area (Å²) >= 11 is 6.49. The predicted octanol–water partition coefficient (Wildman–Crippen LogP) is 6.42. The summed E-state index contributed by atoms with van der Waals surface area (Å²) in [6.45, 7) is 7.15. The highest BCUT2D eigenvalue weighted by atomic mass is 35.5. The lowest BCUT2D eigenvalue weighted by Gasteiger charge is -2.30. The number of ether oxygens (including phenoxy) is 2. The van der Waals surface area contributed by atoms with Crippen LogP contribution in [0, 0.1) is 5.92 Å². The third-order valence-electron chi connectivity index (χ3n) is 6.91. The maximum atomic E-state index is 13.6. The fourth-order valence-corrected chi connectivity index (χ4v) is 5.31. The lowest BCUT2D eigenvalue weighted by atomic mass is 10.0. The summed E-state index contributed by atoms with van der Waals surface area (Å²) < 4.78 is 11.6. The molecule has 2 aliphatic rings. The van der Waals surface area contributed by atoms with Crippen molar-refractivity contribution >= 4 is 29.1 Å². The van der Waals surface area contributed by atoms with Crippen LogP contribution in [-0.2, 0) is 22.6 Å². The molecule has 0 atom stereocenters. The van der Waals surface area contributed by atoms with E-state index in [0.29, 0.717) is 61.7 Å². The molecule has 200 valence electrons. The van der Waals surface area contributed by atoms with Crippen molar-refractivity contribution in [1.29, 1.82) is 0 Å². The molecule has 0 bridgehead atoms. The number of halogens is 1. The highest BCUT2D eigenvalue weighted by Gasteiger charge is 2.23. The second-order valence-electron chi connectivity index (χ2n) is 10.5. The van der Waals surface area contributed by atoms with Crippen LogP contribution in [0.25, 0.3) is 0 Å². The third-order valence-corrected chi connectivity index (χ3v) is 7.19. The molecule has 0 fully saturated rings. The van der Waals surface area contributed by atoms with Crippen molar-refractivity contribution in [3.8, 4) is 11.5 Å². The van der Waals surface area contributed by atoms with Crippen molar-refractivity contribution in [2.45, 2.75) is 71.8 Å². The number of carbonyl (C=O) groups excluding carboxylic acids is 2. The van der Waals surface area contributed by atoms with E-state index in [0.717, 1.165) is 55.3 Å². The Morgan fingerprint density at radius 2 is 1.65 bits per heavy atom. The Kier molecular flexibility index (Phi) is 9.73. The van der Waals surface area contributed by atoms with Gasteiger partial charge in [0.25, 0.3) is 0 Å². The second-order valence-corrected chi connectivity index (χ2v) is 10.9. The first-order valence-corrected chi connectivity index (χ1v) is 14.0. The first-order chi connectivity index (χ1) is 17.9. The van der Waals surface area contributed by atoms with Crippen molar-refractivity contribution in [1.82, 2.24) is 4.90 Å². The number of para-hydroxylation sites is 1. The number of rotatable bonds is 4. The van der Waals surface area contributed by atoms with Gasteiger partial charge in [0, 0.05) is 38.2 Å². The number of amides is 2. The predicted molar refractivity (Wildman–Crippen MR) is 148 cm³/mol. The zero-order valence-corrected chi connectivity index (χ0v) is 22.9. The molecule has 2 aromatic carbocycles. The van der Waals surface area contributed by atoms with Crippen LogP contribution >= 0.6 is 11.6 Å². The van der Waals surface area contributed by atoms with Crippen LogP contribution in [0.3, 0.4) is 0 Å². The number of anilines is 1. The molecule has 0 N–H and O–H groups in total. The molecule has 4 rings (SSSR count). The van der Waals surface area contributed by atoms with Crippen LogP contribution in [0.15, 0.2) is 36.4 Å². The summed E-state index contributed by atoms with van der Waals surface area (Å²) in [5.74, 6) is 1.64. The number of hydrogen-bond acceptors (Lipinski definition) is 4. The van der Waals surface area contributed by atoms with Crippen molar-refractivity contribution in [3.05, 3.63) is 52.5 Å². The number of hydrogen-bond donors (Lipinski definition) is 0. The lowest BCUT2D eigenvalue weighted by molar-refractivity contribution is -0.131. The van der Waals surface area contributed by atoms with Gasteiger partial charge in [0.05, 0.1) is 24.7 Å². The minimum atomic E-state index is 0.0393. The van der Waals surface area contributed by atoms with E-state index in [-0.39, 0.29) is 18.2 Å². The van der Waals surface area contributed by atoms with Gasteiger partial charge in [0.1, 0.15) is 0 Å². The van der Waals surface area contributed by atoms with Gasteiger partial charge in [0.2, 0.25) is 11.8 Å². The van der Waals surface area contributed by atoms with Gasteiger partial charge < -0.3 is 19.3 Å². The molecule has 0 saturated carbocycles. The van der Waals surface area contributed by atoms with Crippen LogP contribution < -0.4 is 14.4 Å². The van der Waals surface area contributed by atoms with E-state index in [1.807, 2.05) is 46.2 Å². The summed E-state index contributed by atoms with van der Waals surface area (Å²) in [5.41, 5.74) is 2.74. The topological polar surface area (TPSA) is 59.1 Å². The number of benzene rings is 2. The largest absolute Gasteiger partial charge is 0.489 e. The Morgan fingerprint density at radius 3 is 2.46 bits per heavy atom.